The molecule has 2 aromatic rings. The van der Waals surface area contributed by atoms with Gasteiger partial charge in [0.15, 0.2) is 0 Å². The van der Waals surface area contributed by atoms with Crippen LogP contribution in [0.2, 0.25) is 0 Å². The van der Waals surface area contributed by atoms with Crippen LogP contribution in [0.15, 0.2) is 42.5 Å². The number of piperidine rings is 1. The molecule has 1 saturated carbocycles. The molecule has 94 valence electrons. The maximum Gasteiger partial charge on any atom is 0.0130 e. The number of benzene rings is 2. The van der Waals surface area contributed by atoms with Gasteiger partial charge in [0.1, 0.15) is 0 Å². The minimum atomic E-state index is 0. The van der Waals surface area contributed by atoms with Gasteiger partial charge in [-0.1, -0.05) is 42.5 Å². The fourth-order valence-corrected chi connectivity index (χ4v) is 3.81. The Kier molecular flexibility index (Phi) is 2.65. The third-order valence-electron chi connectivity index (χ3n) is 4.64. The van der Waals surface area contributed by atoms with Crippen LogP contribution in [0.1, 0.15) is 12.0 Å². The Bertz CT molecular complexity index is 589. The van der Waals surface area contributed by atoms with E-state index < -0.39 is 0 Å². The molecule has 0 spiro atoms. The quantitative estimate of drug-likeness (QED) is 0.758. The van der Waals surface area contributed by atoms with Crippen LogP contribution in [0.3, 0.4) is 0 Å². The zero-order valence-corrected chi connectivity index (χ0v) is 11.4. The molecule has 0 bridgehead atoms. The number of rotatable bonds is 1. The number of likely N-dealkylation sites (N-methyl/N-ethyl adjacent to an activating group) is 1. The molecule has 1 heterocycles. The molecular weight excluding hydrogens is 242 g/mol. The third kappa shape index (κ3) is 1.51. The van der Waals surface area contributed by atoms with E-state index in [-0.39, 0.29) is 12.4 Å². The monoisotopic (exact) mass is 259 g/mol. The highest BCUT2D eigenvalue weighted by Gasteiger charge is 2.60. The number of halogens is 1. The first-order chi connectivity index (χ1) is 8.29. The van der Waals surface area contributed by atoms with Crippen molar-refractivity contribution < 1.29 is 0 Å². The van der Waals surface area contributed by atoms with Gasteiger partial charge in [0.25, 0.3) is 0 Å². The Hall–Kier alpha value is -1.05. The molecule has 1 saturated heterocycles. The van der Waals surface area contributed by atoms with E-state index in [9.17, 15) is 0 Å². The normalized spacial score (nSPS) is 29.9. The average molecular weight is 260 g/mol. The summed E-state index contributed by atoms with van der Waals surface area (Å²) < 4.78 is 0. The highest BCUT2D eigenvalue weighted by atomic mass is 35.5. The lowest BCUT2D eigenvalue weighted by molar-refractivity contribution is 0.364. The minimum Gasteiger partial charge on any atom is -0.305 e. The lowest BCUT2D eigenvalue weighted by Crippen LogP contribution is -2.22. The van der Waals surface area contributed by atoms with E-state index in [1.807, 2.05) is 0 Å². The molecule has 0 aromatic heterocycles. The molecule has 2 aliphatic rings. The number of nitrogens with zero attached hydrogens (tertiary/aromatic N) is 1. The van der Waals surface area contributed by atoms with Gasteiger partial charge in [-0.3, -0.25) is 0 Å². The first-order valence-electron chi connectivity index (χ1n) is 6.46. The molecule has 18 heavy (non-hydrogen) atoms. The van der Waals surface area contributed by atoms with Crippen molar-refractivity contribution in [1.82, 2.24) is 4.90 Å². The van der Waals surface area contributed by atoms with Crippen LogP contribution >= 0.6 is 12.4 Å². The van der Waals surface area contributed by atoms with Crippen LogP contribution in [0.25, 0.3) is 10.8 Å². The van der Waals surface area contributed by atoms with Gasteiger partial charge in [-0.2, -0.15) is 0 Å². The summed E-state index contributed by atoms with van der Waals surface area (Å²) in [4.78, 5) is 2.48. The van der Waals surface area contributed by atoms with Crippen molar-refractivity contribution >= 4 is 23.2 Å². The van der Waals surface area contributed by atoms with E-state index in [0.717, 1.165) is 5.92 Å². The van der Waals surface area contributed by atoms with Gasteiger partial charge in [0.05, 0.1) is 0 Å². The molecule has 0 amide bonds. The lowest BCUT2D eigenvalue weighted by Gasteiger charge is -2.18. The fourth-order valence-electron chi connectivity index (χ4n) is 3.81. The molecule has 1 nitrogen and oxygen atoms in total. The summed E-state index contributed by atoms with van der Waals surface area (Å²) in [7, 11) is 2.25. The number of hydrogen-bond donors (Lipinski definition) is 0. The van der Waals surface area contributed by atoms with Crippen LogP contribution in [-0.4, -0.2) is 25.0 Å². The van der Waals surface area contributed by atoms with Crippen LogP contribution in [-0.2, 0) is 5.41 Å². The number of hydrogen-bond acceptors (Lipinski definition) is 1. The first-order valence-corrected chi connectivity index (χ1v) is 6.46. The third-order valence-corrected chi connectivity index (χ3v) is 4.64. The second-order valence-electron chi connectivity index (χ2n) is 5.78. The van der Waals surface area contributed by atoms with E-state index >= 15 is 0 Å². The van der Waals surface area contributed by atoms with Crippen molar-refractivity contribution in [2.75, 3.05) is 20.1 Å². The molecule has 2 atom stereocenters. The largest absolute Gasteiger partial charge is 0.305 e. The van der Waals surface area contributed by atoms with E-state index in [2.05, 4.69) is 54.4 Å². The standard InChI is InChI=1S/C16H17N.ClH/c1-17-10-13-9-16(13,11-17)15-8-4-6-12-5-2-3-7-14(12)15;/h2-8,13H,9-11H2,1H3;1H/t13-,16-;/m1./s1. The van der Waals surface area contributed by atoms with Gasteiger partial charge in [0, 0.05) is 18.5 Å². The lowest BCUT2D eigenvalue weighted by atomic mass is 9.90. The summed E-state index contributed by atoms with van der Waals surface area (Å²) in [6, 6.07) is 15.6. The summed E-state index contributed by atoms with van der Waals surface area (Å²) >= 11 is 0. The van der Waals surface area contributed by atoms with Gasteiger partial charge < -0.3 is 4.90 Å². The Labute approximate surface area is 114 Å². The number of fused-ring (bicyclic) bond motifs is 2. The van der Waals surface area contributed by atoms with Gasteiger partial charge >= 0.3 is 0 Å². The van der Waals surface area contributed by atoms with E-state index in [4.69, 9.17) is 0 Å². The minimum absolute atomic E-state index is 0. The van der Waals surface area contributed by atoms with Crippen LogP contribution in [0, 0.1) is 5.92 Å². The molecule has 1 aliphatic carbocycles. The Morgan fingerprint density at radius 2 is 1.89 bits per heavy atom. The van der Waals surface area contributed by atoms with Gasteiger partial charge in [0.2, 0.25) is 0 Å². The SMILES string of the molecule is CN1C[C@H]2C[C@@]2(c2cccc3ccccc23)C1.Cl. The Morgan fingerprint density at radius 3 is 2.67 bits per heavy atom. The number of likely N-dealkylation sites (tertiary alicyclic amines) is 1. The second-order valence-corrected chi connectivity index (χ2v) is 5.78. The molecule has 0 N–H and O–H groups in total. The fraction of sp³-hybridized carbons (Fsp3) is 0.375. The zero-order chi connectivity index (χ0) is 11.5. The second kappa shape index (κ2) is 3.97. The van der Waals surface area contributed by atoms with Gasteiger partial charge in [-0.05, 0) is 35.7 Å². The Morgan fingerprint density at radius 1 is 1.11 bits per heavy atom. The molecule has 0 radical (unpaired) electrons. The molecule has 4 rings (SSSR count). The summed E-state index contributed by atoms with van der Waals surface area (Å²) in [5, 5.41) is 2.85. The smallest absolute Gasteiger partial charge is 0.0130 e. The molecule has 2 heteroatoms. The van der Waals surface area contributed by atoms with Gasteiger partial charge in [-0.25, -0.2) is 0 Å². The maximum atomic E-state index is 2.48. The first kappa shape index (κ1) is 12.0. The predicted octanol–water partition coefficient (Wildman–Crippen LogP) is 3.46. The maximum absolute atomic E-state index is 2.48. The highest BCUT2D eigenvalue weighted by Crippen LogP contribution is 2.59. The summed E-state index contributed by atoms with van der Waals surface area (Å²) in [6.07, 6.45) is 1.39. The topological polar surface area (TPSA) is 3.24 Å². The van der Waals surface area contributed by atoms with Crippen molar-refractivity contribution in [3.8, 4) is 0 Å². The van der Waals surface area contributed by atoms with Crippen molar-refractivity contribution in [2.24, 2.45) is 5.92 Å². The predicted molar refractivity (Wildman–Crippen MR) is 78.5 cm³/mol. The molecule has 0 unspecified atom stereocenters. The highest BCUT2D eigenvalue weighted by molar-refractivity contribution is 5.87. The average Bonchev–Trinajstić information content (AvgIpc) is 2.92. The summed E-state index contributed by atoms with van der Waals surface area (Å²) in [5.74, 6) is 0.901. The zero-order valence-electron chi connectivity index (χ0n) is 10.6. The summed E-state index contributed by atoms with van der Waals surface area (Å²) in [6.45, 7) is 2.52. The Balaban J connectivity index is 0.000001000. The molecule has 2 aromatic carbocycles. The molecule has 1 aliphatic heterocycles. The van der Waals surface area contributed by atoms with Crippen molar-refractivity contribution in [1.29, 1.82) is 0 Å². The van der Waals surface area contributed by atoms with E-state index in [1.54, 1.807) is 5.56 Å². The molecular formula is C16H18ClN. The van der Waals surface area contributed by atoms with Crippen molar-refractivity contribution in [2.45, 2.75) is 11.8 Å². The molecule has 2 fully saturated rings. The van der Waals surface area contributed by atoms with Crippen LogP contribution < -0.4 is 0 Å². The van der Waals surface area contributed by atoms with Crippen molar-refractivity contribution in [3.05, 3.63) is 48.0 Å². The van der Waals surface area contributed by atoms with Crippen LogP contribution in [0.5, 0.6) is 0 Å². The van der Waals surface area contributed by atoms with E-state index in [0.29, 0.717) is 5.41 Å². The van der Waals surface area contributed by atoms with Crippen LogP contribution in [0.4, 0.5) is 0 Å². The van der Waals surface area contributed by atoms with Crippen molar-refractivity contribution in [3.63, 3.8) is 0 Å². The van der Waals surface area contributed by atoms with Gasteiger partial charge in [-0.15, -0.1) is 12.4 Å². The van der Waals surface area contributed by atoms with E-state index in [1.165, 1.54) is 30.3 Å². The summed E-state index contributed by atoms with van der Waals surface area (Å²) in [5.41, 5.74) is 2.07.